The summed E-state index contributed by atoms with van der Waals surface area (Å²) in [7, 11) is 0. The number of rotatable bonds is 7. The SMILES string of the molecule is CCCn1nc(C)c([N+](=O)[O-])c1N1CCCC1CCCO. The summed E-state index contributed by atoms with van der Waals surface area (Å²) in [5.41, 5.74) is 0.621. The smallest absolute Gasteiger partial charge is 0.333 e. The summed E-state index contributed by atoms with van der Waals surface area (Å²) in [6.45, 7) is 5.42. The van der Waals surface area contributed by atoms with Crippen LogP contribution in [0.25, 0.3) is 0 Å². The van der Waals surface area contributed by atoms with E-state index < -0.39 is 0 Å². The maximum Gasteiger partial charge on any atom is 0.333 e. The second-order valence-electron chi connectivity index (χ2n) is 5.59. The molecule has 1 atom stereocenters. The monoisotopic (exact) mass is 296 g/mol. The fourth-order valence-corrected chi connectivity index (χ4v) is 3.17. The molecule has 21 heavy (non-hydrogen) atoms. The van der Waals surface area contributed by atoms with Crippen molar-refractivity contribution < 1.29 is 10.0 Å². The molecule has 1 aromatic heterocycles. The molecule has 0 aliphatic carbocycles. The Balaban J connectivity index is 2.37. The predicted octanol–water partition coefficient (Wildman–Crippen LogP) is 2.25. The Labute approximate surface area is 124 Å². The van der Waals surface area contributed by atoms with Gasteiger partial charge in [0.15, 0.2) is 0 Å². The van der Waals surface area contributed by atoms with Gasteiger partial charge in [0.2, 0.25) is 5.82 Å². The number of nitrogens with zero attached hydrogens (tertiary/aromatic N) is 4. The Bertz CT molecular complexity index is 501. The van der Waals surface area contributed by atoms with Gasteiger partial charge < -0.3 is 10.0 Å². The first kappa shape index (κ1) is 15.8. The summed E-state index contributed by atoms with van der Waals surface area (Å²) in [6, 6.07) is 0.266. The van der Waals surface area contributed by atoms with Crippen molar-refractivity contribution >= 4 is 11.5 Å². The molecule has 0 amide bonds. The third kappa shape index (κ3) is 3.18. The quantitative estimate of drug-likeness (QED) is 0.616. The average molecular weight is 296 g/mol. The summed E-state index contributed by atoms with van der Waals surface area (Å²) in [6.07, 6.45) is 4.54. The number of nitro groups is 1. The maximum atomic E-state index is 11.4. The van der Waals surface area contributed by atoms with E-state index >= 15 is 0 Å². The molecule has 1 aliphatic heterocycles. The highest BCUT2D eigenvalue weighted by Crippen LogP contribution is 2.37. The van der Waals surface area contributed by atoms with Crippen LogP contribution in [0.1, 0.15) is 44.7 Å². The maximum absolute atomic E-state index is 11.4. The fourth-order valence-electron chi connectivity index (χ4n) is 3.17. The van der Waals surface area contributed by atoms with E-state index in [1.54, 1.807) is 11.6 Å². The van der Waals surface area contributed by atoms with Gasteiger partial charge in [-0.2, -0.15) is 5.10 Å². The molecule has 0 bridgehead atoms. The summed E-state index contributed by atoms with van der Waals surface area (Å²) in [5, 5.41) is 24.8. The molecule has 2 rings (SSSR count). The van der Waals surface area contributed by atoms with Crippen LogP contribution < -0.4 is 4.90 Å². The Hall–Kier alpha value is -1.63. The second kappa shape index (κ2) is 6.89. The first-order valence-corrected chi connectivity index (χ1v) is 7.69. The number of aromatic nitrogens is 2. The zero-order chi connectivity index (χ0) is 15.4. The number of aliphatic hydroxyl groups excluding tert-OH is 1. The number of aliphatic hydroxyl groups is 1. The van der Waals surface area contributed by atoms with Crippen LogP contribution in [0.15, 0.2) is 0 Å². The lowest BCUT2D eigenvalue weighted by atomic mass is 10.1. The largest absolute Gasteiger partial charge is 0.396 e. The van der Waals surface area contributed by atoms with Crippen LogP contribution in [0.4, 0.5) is 11.5 Å². The topological polar surface area (TPSA) is 84.4 Å². The highest BCUT2D eigenvalue weighted by Gasteiger charge is 2.35. The highest BCUT2D eigenvalue weighted by atomic mass is 16.6. The van der Waals surface area contributed by atoms with Crippen LogP contribution in [-0.2, 0) is 6.54 Å². The predicted molar refractivity (Wildman–Crippen MR) is 80.6 cm³/mol. The van der Waals surface area contributed by atoms with E-state index in [4.69, 9.17) is 5.11 Å². The van der Waals surface area contributed by atoms with Gasteiger partial charge in [0.1, 0.15) is 5.69 Å². The lowest BCUT2D eigenvalue weighted by Gasteiger charge is -2.26. The van der Waals surface area contributed by atoms with Crippen molar-refractivity contribution in [2.24, 2.45) is 0 Å². The van der Waals surface area contributed by atoms with Gasteiger partial charge in [0.05, 0.1) is 4.92 Å². The van der Waals surface area contributed by atoms with E-state index in [0.29, 0.717) is 18.1 Å². The molecule has 0 aromatic carbocycles. The van der Waals surface area contributed by atoms with E-state index in [-0.39, 0.29) is 23.3 Å². The third-order valence-corrected chi connectivity index (χ3v) is 4.03. The van der Waals surface area contributed by atoms with Crippen molar-refractivity contribution in [3.8, 4) is 0 Å². The molecule has 118 valence electrons. The van der Waals surface area contributed by atoms with Gasteiger partial charge >= 0.3 is 5.69 Å². The van der Waals surface area contributed by atoms with Gasteiger partial charge in [-0.1, -0.05) is 6.92 Å². The van der Waals surface area contributed by atoms with E-state index in [1.807, 2.05) is 6.92 Å². The van der Waals surface area contributed by atoms with Crippen molar-refractivity contribution in [1.82, 2.24) is 9.78 Å². The number of aryl methyl sites for hydroxylation is 2. The van der Waals surface area contributed by atoms with Crippen molar-refractivity contribution in [1.29, 1.82) is 0 Å². The minimum Gasteiger partial charge on any atom is -0.396 e. The molecule has 1 aliphatic rings. The summed E-state index contributed by atoms with van der Waals surface area (Å²) >= 11 is 0. The van der Waals surface area contributed by atoms with Crippen LogP contribution >= 0.6 is 0 Å². The van der Waals surface area contributed by atoms with Gasteiger partial charge in [-0.25, -0.2) is 4.68 Å². The third-order valence-electron chi connectivity index (χ3n) is 4.03. The molecule has 2 heterocycles. The summed E-state index contributed by atoms with van der Waals surface area (Å²) in [5.74, 6) is 0.653. The lowest BCUT2D eigenvalue weighted by molar-refractivity contribution is -0.384. The van der Waals surface area contributed by atoms with E-state index in [1.165, 1.54) is 0 Å². The Morgan fingerprint density at radius 1 is 1.52 bits per heavy atom. The van der Waals surface area contributed by atoms with Crippen molar-refractivity contribution in [3.05, 3.63) is 15.8 Å². The normalized spacial score (nSPS) is 18.4. The molecule has 1 saturated heterocycles. The van der Waals surface area contributed by atoms with E-state index in [2.05, 4.69) is 10.00 Å². The van der Waals surface area contributed by atoms with Gasteiger partial charge in [-0.05, 0) is 39.0 Å². The van der Waals surface area contributed by atoms with E-state index in [9.17, 15) is 10.1 Å². The molecule has 1 aromatic rings. The highest BCUT2D eigenvalue weighted by molar-refractivity contribution is 5.62. The molecule has 0 radical (unpaired) electrons. The van der Waals surface area contributed by atoms with Gasteiger partial charge in [-0.15, -0.1) is 0 Å². The lowest BCUT2D eigenvalue weighted by Crippen LogP contribution is -2.32. The molecule has 0 spiro atoms. The zero-order valence-corrected chi connectivity index (χ0v) is 12.8. The standard InChI is InChI=1S/C14H24N4O3/c1-3-8-17-14(13(18(20)21)11(2)15-17)16-9-4-6-12(16)7-5-10-19/h12,19H,3-10H2,1-2H3. The van der Waals surface area contributed by atoms with Crippen molar-refractivity contribution in [3.63, 3.8) is 0 Å². The van der Waals surface area contributed by atoms with Gasteiger partial charge in [0, 0.05) is 25.7 Å². The molecule has 0 saturated carbocycles. The Morgan fingerprint density at radius 3 is 2.90 bits per heavy atom. The molecule has 7 heteroatoms. The molecule has 1 fully saturated rings. The van der Waals surface area contributed by atoms with E-state index in [0.717, 1.165) is 38.6 Å². The van der Waals surface area contributed by atoms with Crippen LogP contribution in [0.5, 0.6) is 0 Å². The van der Waals surface area contributed by atoms with Crippen LogP contribution in [0, 0.1) is 17.0 Å². The second-order valence-corrected chi connectivity index (χ2v) is 5.59. The zero-order valence-electron chi connectivity index (χ0n) is 12.8. The van der Waals surface area contributed by atoms with Crippen LogP contribution in [0.2, 0.25) is 0 Å². The van der Waals surface area contributed by atoms with Crippen LogP contribution in [-0.4, -0.2) is 39.0 Å². The minimum atomic E-state index is -0.314. The Kier molecular flexibility index (Phi) is 5.17. The summed E-state index contributed by atoms with van der Waals surface area (Å²) < 4.78 is 1.78. The number of hydrogen-bond acceptors (Lipinski definition) is 5. The fraction of sp³-hybridized carbons (Fsp3) is 0.786. The first-order chi connectivity index (χ1) is 10.1. The number of anilines is 1. The average Bonchev–Trinajstić information content (AvgIpc) is 3.00. The van der Waals surface area contributed by atoms with Crippen molar-refractivity contribution in [2.45, 2.75) is 58.5 Å². The molecule has 7 nitrogen and oxygen atoms in total. The first-order valence-electron chi connectivity index (χ1n) is 7.69. The summed E-state index contributed by atoms with van der Waals surface area (Å²) in [4.78, 5) is 13.2. The van der Waals surface area contributed by atoms with Gasteiger partial charge in [0.25, 0.3) is 0 Å². The van der Waals surface area contributed by atoms with Crippen molar-refractivity contribution in [2.75, 3.05) is 18.1 Å². The molecular formula is C14H24N4O3. The molecular weight excluding hydrogens is 272 g/mol. The molecule has 1 N–H and O–H groups in total. The number of hydrogen-bond donors (Lipinski definition) is 1. The van der Waals surface area contributed by atoms with Gasteiger partial charge in [-0.3, -0.25) is 10.1 Å². The Morgan fingerprint density at radius 2 is 2.29 bits per heavy atom. The van der Waals surface area contributed by atoms with Crippen LogP contribution in [0.3, 0.4) is 0 Å². The molecule has 1 unspecified atom stereocenters. The minimum absolute atomic E-state index is 0.138.